The molecule has 26 heavy (non-hydrogen) atoms. The Morgan fingerprint density at radius 3 is 2.50 bits per heavy atom. The summed E-state index contributed by atoms with van der Waals surface area (Å²) in [5.41, 5.74) is 1.36. The Hall–Kier alpha value is -1.92. The molecule has 2 fully saturated rings. The maximum atomic E-state index is 12.6. The highest BCUT2D eigenvalue weighted by molar-refractivity contribution is 5.87. The Labute approximate surface area is 155 Å². The lowest BCUT2D eigenvalue weighted by atomic mass is 10.0. The van der Waals surface area contributed by atoms with E-state index in [-0.39, 0.29) is 5.91 Å². The summed E-state index contributed by atoms with van der Waals surface area (Å²) < 4.78 is 0. The van der Waals surface area contributed by atoms with Crippen LogP contribution in [0.25, 0.3) is 0 Å². The zero-order valence-corrected chi connectivity index (χ0v) is 15.6. The quantitative estimate of drug-likeness (QED) is 0.870. The van der Waals surface area contributed by atoms with Gasteiger partial charge >= 0.3 is 5.97 Å². The normalized spacial score (nSPS) is 22.3. The Kier molecular flexibility index (Phi) is 6.27. The Morgan fingerprint density at radius 2 is 1.81 bits per heavy atom. The van der Waals surface area contributed by atoms with Crippen molar-refractivity contribution in [3.63, 3.8) is 0 Å². The van der Waals surface area contributed by atoms with Gasteiger partial charge in [0.2, 0.25) is 5.91 Å². The molecule has 0 aromatic heterocycles. The number of aromatic carboxylic acids is 1. The lowest BCUT2D eigenvalue weighted by Gasteiger charge is -2.38. The SMILES string of the molecule is CC1CCCCN1C(=O)CN1CCN(Cc2cccc(C(=O)O)c2)CC1. The molecular weight excluding hydrogens is 330 g/mol. The van der Waals surface area contributed by atoms with E-state index >= 15 is 0 Å². The molecule has 142 valence electrons. The number of hydrogen-bond donors (Lipinski definition) is 1. The molecule has 1 unspecified atom stereocenters. The van der Waals surface area contributed by atoms with Crippen LogP contribution in [0.3, 0.4) is 0 Å². The fourth-order valence-electron chi connectivity index (χ4n) is 3.92. The van der Waals surface area contributed by atoms with Gasteiger partial charge in [-0.15, -0.1) is 0 Å². The van der Waals surface area contributed by atoms with Gasteiger partial charge in [-0.1, -0.05) is 12.1 Å². The van der Waals surface area contributed by atoms with Crippen molar-refractivity contribution < 1.29 is 14.7 Å². The van der Waals surface area contributed by atoms with E-state index in [0.717, 1.165) is 57.7 Å². The molecule has 0 spiro atoms. The number of rotatable bonds is 5. The van der Waals surface area contributed by atoms with E-state index < -0.39 is 5.97 Å². The van der Waals surface area contributed by atoms with Crippen LogP contribution in [0, 0.1) is 0 Å². The van der Waals surface area contributed by atoms with Crippen molar-refractivity contribution in [2.75, 3.05) is 39.3 Å². The number of carboxylic acids is 1. The van der Waals surface area contributed by atoms with Crippen molar-refractivity contribution in [2.45, 2.75) is 38.8 Å². The second-order valence-electron chi connectivity index (χ2n) is 7.49. The van der Waals surface area contributed by atoms with Crippen LogP contribution in [0.4, 0.5) is 0 Å². The van der Waals surface area contributed by atoms with Crippen LogP contribution in [-0.2, 0) is 11.3 Å². The lowest BCUT2D eigenvalue weighted by molar-refractivity contribution is -0.136. The largest absolute Gasteiger partial charge is 0.478 e. The number of amides is 1. The van der Waals surface area contributed by atoms with Gasteiger partial charge in [-0.2, -0.15) is 0 Å². The number of piperidine rings is 1. The van der Waals surface area contributed by atoms with Crippen LogP contribution in [0.1, 0.15) is 42.1 Å². The highest BCUT2D eigenvalue weighted by Gasteiger charge is 2.26. The molecule has 1 atom stereocenters. The van der Waals surface area contributed by atoms with E-state index in [4.69, 9.17) is 5.11 Å². The van der Waals surface area contributed by atoms with E-state index in [1.54, 1.807) is 18.2 Å². The average Bonchev–Trinajstić information content (AvgIpc) is 2.64. The number of benzene rings is 1. The molecule has 3 rings (SSSR count). The Bertz CT molecular complexity index is 641. The van der Waals surface area contributed by atoms with Crippen LogP contribution in [0.15, 0.2) is 24.3 Å². The predicted octanol–water partition coefficient (Wildman–Crippen LogP) is 1.90. The third kappa shape index (κ3) is 4.83. The van der Waals surface area contributed by atoms with Crippen LogP contribution < -0.4 is 0 Å². The lowest BCUT2D eigenvalue weighted by Crippen LogP contribution is -2.51. The molecule has 2 saturated heterocycles. The maximum absolute atomic E-state index is 12.6. The number of carbonyl (C=O) groups is 2. The number of likely N-dealkylation sites (tertiary alicyclic amines) is 1. The molecule has 6 nitrogen and oxygen atoms in total. The number of hydrogen-bond acceptors (Lipinski definition) is 4. The summed E-state index contributed by atoms with van der Waals surface area (Å²) in [5.74, 6) is -0.623. The van der Waals surface area contributed by atoms with E-state index in [1.165, 1.54) is 6.42 Å². The topological polar surface area (TPSA) is 64.1 Å². The molecule has 0 aliphatic carbocycles. The maximum Gasteiger partial charge on any atom is 0.335 e. The van der Waals surface area contributed by atoms with Crippen molar-refractivity contribution in [2.24, 2.45) is 0 Å². The van der Waals surface area contributed by atoms with Crippen molar-refractivity contribution in [1.29, 1.82) is 0 Å². The third-order valence-corrected chi connectivity index (χ3v) is 5.53. The number of carboxylic acid groups (broad SMARTS) is 1. The van der Waals surface area contributed by atoms with E-state index in [0.29, 0.717) is 18.2 Å². The number of nitrogens with zero attached hydrogens (tertiary/aromatic N) is 3. The summed E-state index contributed by atoms with van der Waals surface area (Å²) in [6.07, 6.45) is 3.47. The van der Waals surface area contributed by atoms with Crippen LogP contribution >= 0.6 is 0 Å². The summed E-state index contributed by atoms with van der Waals surface area (Å²) in [7, 11) is 0. The fourth-order valence-corrected chi connectivity index (χ4v) is 3.92. The highest BCUT2D eigenvalue weighted by atomic mass is 16.4. The van der Waals surface area contributed by atoms with Crippen molar-refractivity contribution in [3.05, 3.63) is 35.4 Å². The second kappa shape index (κ2) is 8.64. The first-order valence-electron chi connectivity index (χ1n) is 9.59. The minimum Gasteiger partial charge on any atom is -0.478 e. The molecule has 1 aromatic rings. The summed E-state index contributed by atoms with van der Waals surface area (Å²) in [4.78, 5) is 30.3. The van der Waals surface area contributed by atoms with Gasteiger partial charge in [-0.25, -0.2) is 4.79 Å². The minimum absolute atomic E-state index is 0.264. The predicted molar refractivity (Wildman–Crippen MR) is 100 cm³/mol. The van der Waals surface area contributed by atoms with Gasteiger partial charge in [0, 0.05) is 45.3 Å². The van der Waals surface area contributed by atoms with E-state index in [2.05, 4.69) is 16.7 Å². The first-order chi connectivity index (χ1) is 12.5. The number of piperazine rings is 1. The third-order valence-electron chi connectivity index (χ3n) is 5.53. The van der Waals surface area contributed by atoms with Crippen LogP contribution in [0.5, 0.6) is 0 Å². The number of carbonyl (C=O) groups excluding carboxylic acids is 1. The Balaban J connectivity index is 1.46. The summed E-state index contributed by atoms with van der Waals surface area (Å²) in [6.45, 7) is 7.90. The van der Waals surface area contributed by atoms with Gasteiger partial charge in [-0.05, 0) is 43.9 Å². The van der Waals surface area contributed by atoms with Crippen molar-refractivity contribution >= 4 is 11.9 Å². The van der Waals surface area contributed by atoms with Gasteiger partial charge < -0.3 is 10.0 Å². The molecule has 2 heterocycles. The molecule has 0 bridgehead atoms. The van der Waals surface area contributed by atoms with E-state index in [1.807, 2.05) is 11.0 Å². The monoisotopic (exact) mass is 359 g/mol. The average molecular weight is 359 g/mol. The van der Waals surface area contributed by atoms with Gasteiger partial charge in [0.15, 0.2) is 0 Å². The van der Waals surface area contributed by atoms with Crippen molar-refractivity contribution in [1.82, 2.24) is 14.7 Å². The molecule has 2 aliphatic rings. The second-order valence-corrected chi connectivity index (χ2v) is 7.49. The van der Waals surface area contributed by atoms with Gasteiger partial charge in [-0.3, -0.25) is 14.6 Å². The zero-order chi connectivity index (χ0) is 18.5. The summed E-state index contributed by atoms with van der Waals surface area (Å²) in [5, 5.41) is 9.10. The van der Waals surface area contributed by atoms with Crippen LogP contribution in [-0.4, -0.2) is 77.0 Å². The van der Waals surface area contributed by atoms with Crippen LogP contribution in [0.2, 0.25) is 0 Å². The standard InChI is InChI=1S/C20H29N3O3/c1-16-5-2-3-8-23(16)19(24)15-22-11-9-21(10-12-22)14-17-6-4-7-18(13-17)20(25)26/h4,6-7,13,16H,2-3,5,8-12,14-15H2,1H3,(H,25,26). The minimum atomic E-state index is -0.887. The van der Waals surface area contributed by atoms with Gasteiger partial charge in [0.25, 0.3) is 0 Å². The molecule has 1 amide bonds. The van der Waals surface area contributed by atoms with Crippen molar-refractivity contribution in [3.8, 4) is 0 Å². The molecule has 0 radical (unpaired) electrons. The molecule has 2 aliphatic heterocycles. The Morgan fingerprint density at radius 1 is 1.08 bits per heavy atom. The smallest absolute Gasteiger partial charge is 0.335 e. The first kappa shape index (κ1) is 18.9. The zero-order valence-electron chi connectivity index (χ0n) is 15.6. The highest BCUT2D eigenvalue weighted by Crippen LogP contribution is 2.17. The molecule has 1 aromatic carbocycles. The molecular formula is C20H29N3O3. The molecule has 6 heteroatoms. The summed E-state index contributed by atoms with van der Waals surface area (Å²) >= 11 is 0. The summed E-state index contributed by atoms with van der Waals surface area (Å²) in [6, 6.07) is 7.51. The van der Waals surface area contributed by atoms with Gasteiger partial charge in [0.05, 0.1) is 12.1 Å². The van der Waals surface area contributed by atoms with Gasteiger partial charge in [0.1, 0.15) is 0 Å². The molecule has 1 N–H and O–H groups in total. The first-order valence-corrected chi connectivity index (χ1v) is 9.59. The fraction of sp³-hybridized carbons (Fsp3) is 0.600. The molecule has 0 saturated carbocycles. The van der Waals surface area contributed by atoms with E-state index in [9.17, 15) is 9.59 Å².